The maximum Gasteiger partial charge on any atom is 0.153 e. The summed E-state index contributed by atoms with van der Waals surface area (Å²) in [4.78, 5) is 0. The highest BCUT2D eigenvalue weighted by molar-refractivity contribution is 9.10. The maximum atomic E-state index is 5.85. The maximum absolute atomic E-state index is 5.85. The second-order valence-corrected chi connectivity index (χ2v) is 5.45. The number of aromatic nitrogens is 3. The Bertz CT molecular complexity index is 538. The van der Waals surface area contributed by atoms with Gasteiger partial charge in [0.05, 0.1) is 11.7 Å². The van der Waals surface area contributed by atoms with Gasteiger partial charge in [0.2, 0.25) is 0 Å². The Kier molecular flexibility index (Phi) is 5.39. The van der Waals surface area contributed by atoms with Gasteiger partial charge in [-0.25, -0.2) is 4.68 Å². The average molecular weight is 360 g/mol. The molecule has 20 heavy (non-hydrogen) atoms. The molecule has 0 radical (unpaired) electrons. The molecule has 2 aromatic rings. The molecule has 7 heteroatoms. The Labute approximate surface area is 131 Å². The van der Waals surface area contributed by atoms with Gasteiger partial charge in [0, 0.05) is 12.1 Å². The fourth-order valence-corrected chi connectivity index (χ4v) is 2.63. The number of aryl methyl sites for hydroxylation is 1. The molecule has 0 saturated carbocycles. The summed E-state index contributed by atoms with van der Waals surface area (Å²) in [5, 5.41) is 12.1. The highest BCUT2D eigenvalue weighted by Gasteiger charge is 2.20. The molecule has 1 heterocycles. The summed E-state index contributed by atoms with van der Waals surface area (Å²) in [6.45, 7) is 3.36. The van der Waals surface area contributed by atoms with Crippen molar-refractivity contribution in [3.05, 3.63) is 39.6 Å². The number of nitrogens with one attached hydrogen (secondary N) is 1. The van der Waals surface area contributed by atoms with Crippen molar-refractivity contribution in [1.82, 2.24) is 20.3 Å². The number of nitrogens with zero attached hydrogens (tertiary/aromatic N) is 3. The van der Waals surface area contributed by atoms with Gasteiger partial charge in [0.15, 0.2) is 4.60 Å². The van der Waals surface area contributed by atoms with E-state index in [1.807, 2.05) is 26.1 Å². The van der Waals surface area contributed by atoms with Gasteiger partial charge in [0.1, 0.15) is 12.4 Å². The van der Waals surface area contributed by atoms with Crippen LogP contribution < -0.4 is 10.1 Å². The smallest absolute Gasteiger partial charge is 0.153 e. The molecule has 108 valence electrons. The summed E-state index contributed by atoms with van der Waals surface area (Å²) in [6, 6.07) is 7.32. The van der Waals surface area contributed by atoms with Crippen molar-refractivity contribution >= 4 is 27.5 Å². The predicted molar refractivity (Wildman–Crippen MR) is 82.1 cm³/mol. The zero-order valence-corrected chi connectivity index (χ0v) is 13.6. The normalized spacial score (nSPS) is 12.4. The average Bonchev–Trinajstić information content (AvgIpc) is 2.76. The lowest BCUT2D eigenvalue weighted by molar-refractivity contribution is 0.261. The quantitative estimate of drug-likeness (QED) is 0.861. The Morgan fingerprint density at radius 2 is 2.10 bits per heavy atom. The molecule has 0 spiro atoms. The largest absolute Gasteiger partial charge is 0.492 e. The second kappa shape index (κ2) is 7.06. The number of hydrogen-bond acceptors (Lipinski definition) is 4. The lowest BCUT2D eigenvalue weighted by Crippen LogP contribution is -2.28. The topological polar surface area (TPSA) is 52.0 Å². The molecule has 0 saturated heterocycles. The second-order valence-electron chi connectivity index (χ2n) is 4.26. The van der Waals surface area contributed by atoms with E-state index in [4.69, 9.17) is 16.3 Å². The number of benzene rings is 1. The van der Waals surface area contributed by atoms with E-state index in [-0.39, 0.29) is 6.04 Å². The standard InChI is InChI=1S/C13H16BrClN4O/c1-3-16-11(12-13(14)17-18-19(12)2)8-20-10-6-4-9(15)5-7-10/h4-7,11,16H,3,8H2,1-2H3. The number of hydrogen-bond donors (Lipinski definition) is 1. The lowest BCUT2D eigenvalue weighted by atomic mass is 10.2. The molecule has 0 bridgehead atoms. The monoisotopic (exact) mass is 358 g/mol. The van der Waals surface area contributed by atoms with Crippen molar-refractivity contribution in [1.29, 1.82) is 0 Å². The van der Waals surface area contributed by atoms with E-state index in [1.165, 1.54) is 0 Å². The molecule has 1 N–H and O–H groups in total. The number of rotatable bonds is 6. The molecular formula is C13H16BrClN4O. The zero-order valence-electron chi connectivity index (χ0n) is 11.3. The highest BCUT2D eigenvalue weighted by Crippen LogP contribution is 2.22. The third-order valence-corrected chi connectivity index (χ3v) is 3.65. The van der Waals surface area contributed by atoms with Crippen LogP contribution in [-0.4, -0.2) is 28.1 Å². The van der Waals surface area contributed by atoms with Gasteiger partial charge in [-0.3, -0.25) is 0 Å². The van der Waals surface area contributed by atoms with E-state index in [0.717, 1.165) is 22.6 Å². The molecule has 5 nitrogen and oxygen atoms in total. The number of likely N-dealkylation sites (N-methyl/N-ethyl adjacent to an activating group) is 1. The number of ether oxygens (including phenoxy) is 1. The fourth-order valence-electron chi connectivity index (χ4n) is 1.90. The third kappa shape index (κ3) is 3.71. The molecule has 0 fully saturated rings. The minimum Gasteiger partial charge on any atom is -0.492 e. The van der Waals surface area contributed by atoms with Crippen LogP contribution in [0.2, 0.25) is 5.02 Å². The van der Waals surface area contributed by atoms with Gasteiger partial charge < -0.3 is 10.1 Å². The Hall–Kier alpha value is -1.11. The van der Waals surface area contributed by atoms with Crippen LogP contribution in [0.1, 0.15) is 18.7 Å². The minimum absolute atomic E-state index is 0.00468. The summed E-state index contributed by atoms with van der Waals surface area (Å²) in [6.07, 6.45) is 0. The summed E-state index contributed by atoms with van der Waals surface area (Å²) in [7, 11) is 1.86. The molecular weight excluding hydrogens is 344 g/mol. The predicted octanol–water partition coefficient (Wildman–Crippen LogP) is 2.96. The Morgan fingerprint density at radius 1 is 1.40 bits per heavy atom. The van der Waals surface area contributed by atoms with Crippen molar-refractivity contribution in [2.45, 2.75) is 13.0 Å². The van der Waals surface area contributed by atoms with E-state index in [9.17, 15) is 0 Å². The van der Waals surface area contributed by atoms with Gasteiger partial charge in [-0.15, -0.1) is 5.10 Å². The third-order valence-electron chi connectivity index (χ3n) is 2.84. The van der Waals surface area contributed by atoms with Gasteiger partial charge in [-0.2, -0.15) is 0 Å². The van der Waals surface area contributed by atoms with Crippen LogP contribution in [0.15, 0.2) is 28.9 Å². The van der Waals surface area contributed by atoms with Crippen molar-refractivity contribution in [2.75, 3.05) is 13.2 Å². The van der Waals surface area contributed by atoms with Gasteiger partial charge >= 0.3 is 0 Å². The van der Waals surface area contributed by atoms with Gasteiger partial charge in [-0.1, -0.05) is 23.7 Å². The van der Waals surface area contributed by atoms with Crippen LogP contribution in [0.3, 0.4) is 0 Å². The van der Waals surface area contributed by atoms with E-state index in [0.29, 0.717) is 11.6 Å². The highest BCUT2D eigenvalue weighted by atomic mass is 79.9. The SMILES string of the molecule is CCNC(COc1ccc(Cl)cc1)c1c(Br)nnn1C. The molecule has 0 aliphatic carbocycles. The Balaban J connectivity index is 2.08. The van der Waals surface area contributed by atoms with Crippen molar-refractivity contribution in [2.24, 2.45) is 7.05 Å². The first-order valence-electron chi connectivity index (χ1n) is 6.28. The number of halogens is 2. The molecule has 1 aromatic heterocycles. The van der Waals surface area contributed by atoms with E-state index < -0.39 is 0 Å². The van der Waals surface area contributed by atoms with Crippen molar-refractivity contribution in [3.8, 4) is 5.75 Å². The van der Waals surface area contributed by atoms with Crippen LogP contribution >= 0.6 is 27.5 Å². The first-order chi connectivity index (χ1) is 9.61. The summed E-state index contributed by atoms with van der Waals surface area (Å²) >= 11 is 9.27. The van der Waals surface area contributed by atoms with Crippen LogP contribution in [-0.2, 0) is 7.05 Å². The molecule has 0 amide bonds. The van der Waals surface area contributed by atoms with Crippen molar-refractivity contribution in [3.63, 3.8) is 0 Å². The van der Waals surface area contributed by atoms with Gasteiger partial charge in [0.25, 0.3) is 0 Å². The van der Waals surface area contributed by atoms with E-state index in [2.05, 4.69) is 31.6 Å². The van der Waals surface area contributed by atoms with Crippen LogP contribution in [0, 0.1) is 0 Å². The van der Waals surface area contributed by atoms with Gasteiger partial charge in [-0.05, 0) is 46.7 Å². The van der Waals surface area contributed by atoms with Crippen LogP contribution in [0.25, 0.3) is 0 Å². The first kappa shape index (κ1) is 15.3. The van der Waals surface area contributed by atoms with E-state index >= 15 is 0 Å². The molecule has 1 atom stereocenters. The molecule has 0 aliphatic rings. The molecule has 2 rings (SSSR count). The summed E-state index contributed by atoms with van der Waals surface area (Å²) in [5.74, 6) is 0.781. The fraction of sp³-hybridized carbons (Fsp3) is 0.385. The molecule has 1 aromatic carbocycles. The van der Waals surface area contributed by atoms with Crippen LogP contribution in [0.4, 0.5) is 0 Å². The zero-order chi connectivity index (χ0) is 14.5. The summed E-state index contributed by atoms with van der Waals surface area (Å²) < 4.78 is 8.26. The van der Waals surface area contributed by atoms with Crippen molar-refractivity contribution < 1.29 is 4.74 Å². The first-order valence-corrected chi connectivity index (χ1v) is 7.45. The molecule has 1 unspecified atom stereocenters. The lowest BCUT2D eigenvalue weighted by Gasteiger charge is -2.18. The van der Waals surface area contributed by atoms with E-state index in [1.54, 1.807) is 16.8 Å². The van der Waals surface area contributed by atoms with Crippen LogP contribution in [0.5, 0.6) is 5.75 Å². The molecule has 0 aliphatic heterocycles. The minimum atomic E-state index is 0.00468. The summed E-state index contributed by atoms with van der Waals surface area (Å²) in [5.41, 5.74) is 0.959. The Morgan fingerprint density at radius 3 is 2.65 bits per heavy atom.